The summed E-state index contributed by atoms with van der Waals surface area (Å²) in [6.07, 6.45) is 8.83. The highest BCUT2D eigenvalue weighted by atomic mass is 16.3. The summed E-state index contributed by atoms with van der Waals surface area (Å²) in [4.78, 5) is 40.7. The summed E-state index contributed by atoms with van der Waals surface area (Å²) in [7, 11) is 1.82. The highest BCUT2D eigenvalue weighted by Gasteiger charge is 2.41. The normalized spacial score (nSPS) is 23.3. The Balaban J connectivity index is 1.48. The highest BCUT2D eigenvalue weighted by molar-refractivity contribution is 6.04. The monoisotopic (exact) mass is 472 g/mol. The van der Waals surface area contributed by atoms with Gasteiger partial charge in [-0.1, -0.05) is 19.8 Å². The largest absolute Gasteiger partial charge is 0.381 e. The van der Waals surface area contributed by atoms with Crippen molar-refractivity contribution in [2.75, 3.05) is 35.3 Å². The van der Waals surface area contributed by atoms with Crippen molar-refractivity contribution in [3.63, 3.8) is 0 Å². The molecule has 3 heterocycles. The van der Waals surface area contributed by atoms with Crippen LogP contribution in [0.1, 0.15) is 72.6 Å². The van der Waals surface area contributed by atoms with Gasteiger partial charge in [0.15, 0.2) is 5.82 Å². The average molecular weight is 473 g/mol. The summed E-state index contributed by atoms with van der Waals surface area (Å²) in [5.74, 6) is 1.73. The second kappa shape index (κ2) is 9.68. The number of likely N-dealkylation sites (tertiary alicyclic amines) is 1. The van der Waals surface area contributed by atoms with Crippen molar-refractivity contribution in [3.05, 3.63) is 6.20 Å². The van der Waals surface area contributed by atoms with E-state index < -0.39 is 5.60 Å². The predicted molar refractivity (Wildman–Crippen MR) is 133 cm³/mol. The fourth-order valence-corrected chi connectivity index (χ4v) is 5.76. The lowest BCUT2D eigenvalue weighted by molar-refractivity contribution is -0.149. The van der Waals surface area contributed by atoms with Crippen LogP contribution >= 0.6 is 0 Å². The van der Waals surface area contributed by atoms with Crippen LogP contribution in [0, 0.1) is 5.92 Å². The Morgan fingerprint density at radius 2 is 1.88 bits per heavy atom. The van der Waals surface area contributed by atoms with Crippen molar-refractivity contribution in [1.82, 2.24) is 14.9 Å². The molecule has 34 heavy (non-hydrogen) atoms. The number of carbonyl (C=O) groups is 2. The summed E-state index contributed by atoms with van der Waals surface area (Å²) < 4.78 is 0. The van der Waals surface area contributed by atoms with E-state index >= 15 is 0 Å². The lowest BCUT2D eigenvalue weighted by atomic mass is 9.89. The fraction of sp³-hybridized carbons (Fsp3) is 0.760. The van der Waals surface area contributed by atoms with E-state index in [9.17, 15) is 14.7 Å². The number of likely N-dealkylation sites (N-methyl/N-ethyl adjacent to an activating group) is 1. The molecular weight excluding hydrogens is 432 g/mol. The van der Waals surface area contributed by atoms with Crippen LogP contribution in [0.2, 0.25) is 0 Å². The molecule has 1 aromatic rings. The van der Waals surface area contributed by atoms with Gasteiger partial charge < -0.3 is 25.1 Å². The first-order valence-electron chi connectivity index (χ1n) is 12.8. The molecule has 1 aliphatic carbocycles. The van der Waals surface area contributed by atoms with Gasteiger partial charge in [0.05, 0.1) is 6.20 Å². The molecule has 0 unspecified atom stereocenters. The van der Waals surface area contributed by atoms with Crippen molar-refractivity contribution in [2.45, 2.75) is 96.4 Å². The van der Waals surface area contributed by atoms with Gasteiger partial charge in [-0.25, -0.2) is 4.98 Å². The third-order valence-corrected chi connectivity index (χ3v) is 7.83. The van der Waals surface area contributed by atoms with Crippen LogP contribution in [0.15, 0.2) is 6.20 Å². The van der Waals surface area contributed by atoms with Gasteiger partial charge in [-0.05, 0) is 58.8 Å². The minimum Gasteiger partial charge on any atom is -0.381 e. The van der Waals surface area contributed by atoms with E-state index in [1.807, 2.05) is 7.05 Å². The van der Waals surface area contributed by atoms with Crippen molar-refractivity contribution >= 4 is 29.3 Å². The second-order valence-corrected chi connectivity index (χ2v) is 10.7. The van der Waals surface area contributed by atoms with Crippen LogP contribution in [-0.2, 0) is 9.59 Å². The third-order valence-electron chi connectivity index (χ3n) is 7.83. The molecule has 188 valence electrons. The number of rotatable bonds is 6. The lowest BCUT2D eigenvalue weighted by Crippen LogP contribution is -2.55. The first-order valence-corrected chi connectivity index (χ1v) is 12.8. The number of piperidine rings is 1. The van der Waals surface area contributed by atoms with Gasteiger partial charge in [-0.3, -0.25) is 9.59 Å². The van der Waals surface area contributed by atoms with E-state index in [2.05, 4.69) is 29.0 Å². The molecule has 3 aliphatic rings. The van der Waals surface area contributed by atoms with E-state index in [1.165, 1.54) is 12.8 Å². The molecule has 2 aliphatic heterocycles. The first-order chi connectivity index (χ1) is 16.1. The minimum atomic E-state index is -1.33. The molecule has 0 bridgehead atoms. The van der Waals surface area contributed by atoms with Crippen molar-refractivity contribution in [2.24, 2.45) is 5.92 Å². The Labute approximate surface area is 202 Å². The number of nitrogens with zero attached hydrogens (tertiary/aromatic N) is 5. The Morgan fingerprint density at radius 3 is 2.47 bits per heavy atom. The molecule has 1 saturated heterocycles. The van der Waals surface area contributed by atoms with Gasteiger partial charge in [-0.2, -0.15) is 4.98 Å². The first kappa shape index (κ1) is 24.7. The maximum absolute atomic E-state index is 13.1. The smallest absolute Gasteiger partial charge is 0.253 e. The summed E-state index contributed by atoms with van der Waals surface area (Å²) >= 11 is 0. The van der Waals surface area contributed by atoms with Crippen LogP contribution in [0.5, 0.6) is 0 Å². The van der Waals surface area contributed by atoms with E-state index in [4.69, 9.17) is 4.98 Å². The van der Waals surface area contributed by atoms with E-state index in [0.29, 0.717) is 31.0 Å². The number of aliphatic hydroxyl groups is 1. The van der Waals surface area contributed by atoms with E-state index in [-0.39, 0.29) is 23.9 Å². The Hall–Kier alpha value is -2.42. The second-order valence-electron chi connectivity index (χ2n) is 10.7. The Bertz CT molecular complexity index is 902. The number of hydrogen-bond acceptors (Lipinski definition) is 7. The molecular formula is C25H40N6O3. The summed E-state index contributed by atoms with van der Waals surface area (Å²) in [6, 6.07) is 0.305. The van der Waals surface area contributed by atoms with E-state index in [1.54, 1.807) is 29.8 Å². The molecule has 2 atom stereocenters. The predicted octanol–water partition coefficient (Wildman–Crippen LogP) is 2.79. The van der Waals surface area contributed by atoms with Gasteiger partial charge in [0, 0.05) is 32.2 Å². The van der Waals surface area contributed by atoms with Crippen LogP contribution in [0.3, 0.4) is 0 Å². The highest BCUT2D eigenvalue weighted by Crippen LogP contribution is 2.40. The lowest BCUT2D eigenvalue weighted by Gasteiger charge is -2.43. The van der Waals surface area contributed by atoms with Crippen LogP contribution in [-0.4, -0.2) is 75.7 Å². The number of anilines is 3. The zero-order valence-electron chi connectivity index (χ0n) is 21.3. The van der Waals surface area contributed by atoms with Gasteiger partial charge in [0.1, 0.15) is 17.3 Å². The van der Waals surface area contributed by atoms with Crippen LogP contribution < -0.4 is 15.1 Å². The summed E-state index contributed by atoms with van der Waals surface area (Å²) in [6.45, 7) is 8.58. The third kappa shape index (κ3) is 4.72. The topological polar surface area (TPSA) is 102 Å². The number of hydrogen-bond donors (Lipinski definition) is 2. The summed E-state index contributed by atoms with van der Waals surface area (Å²) in [5.41, 5.74) is -0.553. The van der Waals surface area contributed by atoms with Crippen molar-refractivity contribution in [1.29, 1.82) is 0 Å². The number of carbonyl (C=O) groups excluding carboxylic acids is 2. The van der Waals surface area contributed by atoms with Gasteiger partial charge in [-0.15, -0.1) is 0 Å². The van der Waals surface area contributed by atoms with Gasteiger partial charge in [0.2, 0.25) is 11.9 Å². The SMILES string of the molecule is CC[C@@H]1C(=O)N(C)c2cnc(N[C@H](C)C3CCN(C(=O)C(C)(C)O)CC3)nc2N1C1CCCC1. The van der Waals surface area contributed by atoms with Crippen molar-refractivity contribution in [3.8, 4) is 0 Å². The van der Waals surface area contributed by atoms with Crippen molar-refractivity contribution < 1.29 is 14.7 Å². The van der Waals surface area contributed by atoms with Gasteiger partial charge in [0.25, 0.3) is 5.91 Å². The molecule has 1 saturated carbocycles. The number of amides is 2. The maximum atomic E-state index is 13.1. The van der Waals surface area contributed by atoms with Crippen LogP contribution in [0.4, 0.5) is 17.5 Å². The number of fused-ring (bicyclic) bond motifs is 1. The van der Waals surface area contributed by atoms with Crippen LogP contribution in [0.25, 0.3) is 0 Å². The Morgan fingerprint density at radius 1 is 1.24 bits per heavy atom. The zero-order chi connectivity index (χ0) is 24.6. The average Bonchev–Trinajstić information content (AvgIpc) is 3.34. The quantitative estimate of drug-likeness (QED) is 0.656. The summed E-state index contributed by atoms with van der Waals surface area (Å²) in [5, 5.41) is 13.5. The standard InChI is InChI=1S/C25H40N6O3/c1-6-19-22(32)29(5)20-15-26-24(28-21(20)31(19)18-9-7-8-10-18)27-16(2)17-11-13-30(14-12-17)23(33)25(3,4)34/h15-19,34H,6-14H2,1-5H3,(H,26,27,28)/t16-,19-/m1/s1. The molecule has 2 fully saturated rings. The molecule has 1 aromatic heterocycles. The number of aromatic nitrogens is 2. The molecule has 0 radical (unpaired) electrons. The molecule has 4 rings (SSSR count). The zero-order valence-corrected chi connectivity index (χ0v) is 21.3. The molecule has 9 heteroatoms. The molecule has 0 aromatic carbocycles. The molecule has 9 nitrogen and oxygen atoms in total. The minimum absolute atomic E-state index is 0.118. The maximum Gasteiger partial charge on any atom is 0.253 e. The number of nitrogens with one attached hydrogen (secondary N) is 1. The fourth-order valence-electron chi connectivity index (χ4n) is 5.76. The van der Waals surface area contributed by atoms with Gasteiger partial charge >= 0.3 is 0 Å². The molecule has 2 amide bonds. The molecule has 0 spiro atoms. The Kier molecular flexibility index (Phi) is 7.03. The van der Waals surface area contributed by atoms with E-state index in [0.717, 1.165) is 43.6 Å². The molecule has 2 N–H and O–H groups in total.